The van der Waals surface area contributed by atoms with Crippen LogP contribution in [0.15, 0.2) is 83.7 Å². The Balaban J connectivity index is 1.49. The molecular formula is C28H25N3O3. The van der Waals surface area contributed by atoms with Crippen molar-refractivity contribution in [1.82, 2.24) is 14.5 Å². The SMILES string of the molecule is O=C(COc1ccccc1/C=C/c1nc2ccccc2c(=O)n1-c1ccccc1)N1CCCC1. The molecule has 0 unspecified atom stereocenters. The van der Waals surface area contributed by atoms with Crippen LogP contribution in [0.25, 0.3) is 28.7 Å². The number of aromatic nitrogens is 2. The molecule has 0 atom stereocenters. The van der Waals surface area contributed by atoms with Crippen molar-refractivity contribution in [2.45, 2.75) is 12.8 Å². The van der Waals surface area contributed by atoms with Gasteiger partial charge >= 0.3 is 0 Å². The van der Waals surface area contributed by atoms with Crippen molar-refractivity contribution < 1.29 is 9.53 Å². The molecule has 1 amide bonds. The quantitative estimate of drug-likeness (QED) is 0.431. The van der Waals surface area contributed by atoms with Gasteiger partial charge in [0.1, 0.15) is 11.6 Å². The van der Waals surface area contributed by atoms with Gasteiger partial charge in [-0.15, -0.1) is 0 Å². The van der Waals surface area contributed by atoms with Crippen LogP contribution in [0, 0.1) is 0 Å². The first-order valence-corrected chi connectivity index (χ1v) is 11.5. The van der Waals surface area contributed by atoms with Crippen molar-refractivity contribution in [3.63, 3.8) is 0 Å². The third kappa shape index (κ3) is 4.48. The lowest BCUT2D eigenvalue weighted by molar-refractivity contribution is -0.132. The predicted molar refractivity (Wildman–Crippen MR) is 134 cm³/mol. The molecule has 0 bridgehead atoms. The fourth-order valence-corrected chi connectivity index (χ4v) is 4.20. The molecule has 0 radical (unpaired) electrons. The van der Waals surface area contributed by atoms with Crippen LogP contribution >= 0.6 is 0 Å². The van der Waals surface area contributed by atoms with Crippen molar-refractivity contribution in [2.75, 3.05) is 19.7 Å². The number of fused-ring (bicyclic) bond motifs is 1. The molecule has 0 spiro atoms. The van der Waals surface area contributed by atoms with Gasteiger partial charge in [0.2, 0.25) is 0 Å². The standard InChI is InChI=1S/C28H25N3O3/c32-27(30-18-8-9-19-30)20-34-25-15-7-4-10-21(25)16-17-26-29-24-14-6-5-13-23(24)28(33)31(26)22-11-2-1-3-12-22/h1-7,10-17H,8-9,18-20H2/b17-16+. The number of benzene rings is 3. The summed E-state index contributed by atoms with van der Waals surface area (Å²) in [6.07, 6.45) is 5.77. The Morgan fingerprint density at radius 1 is 0.882 bits per heavy atom. The lowest BCUT2D eigenvalue weighted by atomic mass is 10.1. The topological polar surface area (TPSA) is 64.4 Å². The number of rotatable bonds is 6. The lowest BCUT2D eigenvalue weighted by Crippen LogP contribution is -2.32. The number of ether oxygens (including phenoxy) is 1. The van der Waals surface area contributed by atoms with E-state index in [0.29, 0.717) is 22.5 Å². The molecule has 3 aromatic carbocycles. The van der Waals surface area contributed by atoms with E-state index in [1.54, 1.807) is 10.6 Å². The van der Waals surface area contributed by atoms with Gasteiger partial charge in [-0.05, 0) is 55.3 Å². The Kier molecular flexibility index (Phi) is 6.21. The minimum absolute atomic E-state index is 0.00500. The normalized spacial score (nSPS) is 13.6. The summed E-state index contributed by atoms with van der Waals surface area (Å²) < 4.78 is 7.49. The summed E-state index contributed by atoms with van der Waals surface area (Å²) in [6, 6.07) is 24.4. The molecule has 34 heavy (non-hydrogen) atoms. The average Bonchev–Trinajstić information content (AvgIpc) is 3.42. The van der Waals surface area contributed by atoms with E-state index in [1.807, 2.05) is 89.8 Å². The molecule has 1 aliphatic heterocycles. The van der Waals surface area contributed by atoms with Gasteiger partial charge in [0.25, 0.3) is 11.5 Å². The number of nitrogens with zero attached hydrogens (tertiary/aromatic N) is 3. The first-order chi connectivity index (χ1) is 16.7. The van der Waals surface area contributed by atoms with Crippen molar-refractivity contribution in [3.8, 4) is 11.4 Å². The third-order valence-electron chi connectivity index (χ3n) is 5.96. The number of hydrogen-bond acceptors (Lipinski definition) is 4. The number of para-hydroxylation sites is 3. The van der Waals surface area contributed by atoms with E-state index in [1.165, 1.54) is 0 Å². The molecule has 2 heterocycles. The van der Waals surface area contributed by atoms with E-state index in [2.05, 4.69) is 0 Å². The molecule has 0 saturated carbocycles. The molecule has 5 rings (SSSR count). The molecule has 1 saturated heterocycles. The zero-order valence-electron chi connectivity index (χ0n) is 18.8. The Morgan fingerprint density at radius 3 is 2.41 bits per heavy atom. The van der Waals surface area contributed by atoms with Crippen LogP contribution in [0.3, 0.4) is 0 Å². The van der Waals surface area contributed by atoms with Crippen molar-refractivity contribution in [3.05, 3.63) is 101 Å². The summed E-state index contributed by atoms with van der Waals surface area (Å²) in [4.78, 5) is 32.4. The highest BCUT2D eigenvalue weighted by Crippen LogP contribution is 2.22. The molecule has 6 heteroatoms. The molecule has 170 valence electrons. The second kappa shape index (κ2) is 9.75. The summed E-state index contributed by atoms with van der Waals surface area (Å²) in [6.45, 7) is 1.61. The average molecular weight is 452 g/mol. The largest absolute Gasteiger partial charge is 0.483 e. The van der Waals surface area contributed by atoms with Gasteiger partial charge in [-0.2, -0.15) is 0 Å². The number of likely N-dealkylation sites (tertiary alicyclic amines) is 1. The van der Waals surface area contributed by atoms with Crippen molar-refractivity contribution in [1.29, 1.82) is 0 Å². The molecule has 1 fully saturated rings. The maximum absolute atomic E-state index is 13.4. The second-order valence-corrected chi connectivity index (χ2v) is 8.21. The Bertz CT molecular complexity index is 1400. The van der Waals surface area contributed by atoms with E-state index < -0.39 is 0 Å². The highest BCUT2D eigenvalue weighted by molar-refractivity contribution is 5.81. The Labute approximate surface area is 197 Å². The Hall–Kier alpha value is -4.19. The fourth-order valence-electron chi connectivity index (χ4n) is 4.20. The van der Waals surface area contributed by atoms with Crippen molar-refractivity contribution in [2.24, 2.45) is 0 Å². The summed E-state index contributed by atoms with van der Waals surface area (Å²) in [5.74, 6) is 1.13. The minimum Gasteiger partial charge on any atom is -0.483 e. The first kappa shape index (κ1) is 21.6. The lowest BCUT2D eigenvalue weighted by Gasteiger charge is -2.16. The van der Waals surface area contributed by atoms with Crippen LogP contribution in [-0.4, -0.2) is 40.1 Å². The fraction of sp³-hybridized carbons (Fsp3) is 0.179. The number of carbonyl (C=O) groups excluding carboxylic acids is 1. The van der Waals surface area contributed by atoms with E-state index in [4.69, 9.17) is 9.72 Å². The molecule has 1 aliphatic rings. The predicted octanol–water partition coefficient (Wildman–Crippen LogP) is 4.56. The van der Waals surface area contributed by atoms with Gasteiger partial charge in [-0.25, -0.2) is 4.98 Å². The molecular weight excluding hydrogens is 426 g/mol. The molecule has 6 nitrogen and oxygen atoms in total. The number of hydrogen-bond donors (Lipinski definition) is 0. The summed E-state index contributed by atoms with van der Waals surface area (Å²) >= 11 is 0. The first-order valence-electron chi connectivity index (χ1n) is 11.5. The van der Waals surface area contributed by atoms with Crippen LogP contribution < -0.4 is 10.3 Å². The van der Waals surface area contributed by atoms with Crippen LogP contribution in [-0.2, 0) is 4.79 Å². The highest BCUT2D eigenvalue weighted by Gasteiger charge is 2.18. The molecule has 0 N–H and O–H groups in total. The van der Waals surface area contributed by atoms with E-state index in [0.717, 1.165) is 37.2 Å². The minimum atomic E-state index is -0.128. The smallest absolute Gasteiger partial charge is 0.266 e. The van der Waals surface area contributed by atoms with Gasteiger partial charge < -0.3 is 9.64 Å². The molecule has 1 aromatic heterocycles. The third-order valence-corrected chi connectivity index (χ3v) is 5.96. The summed E-state index contributed by atoms with van der Waals surface area (Å²) in [5.41, 5.74) is 2.06. The van der Waals surface area contributed by atoms with Gasteiger partial charge in [0, 0.05) is 18.7 Å². The van der Waals surface area contributed by atoms with E-state index >= 15 is 0 Å². The van der Waals surface area contributed by atoms with Crippen LogP contribution in [0.4, 0.5) is 0 Å². The Morgan fingerprint density at radius 2 is 1.59 bits per heavy atom. The van der Waals surface area contributed by atoms with Crippen LogP contribution in [0.1, 0.15) is 24.2 Å². The van der Waals surface area contributed by atoms with E-state index in [9.17, 15) is 9.59 Å². The van der Waals surface area contributed by atoms with Crippen LogP contribution in [0.5, 0.6) is 5.75 Å². The summed E-state index contributed by atoms with van der Waals surface area (Å²) in [5, 5.41) is 0.563. The zero-order valence-corrected chi connectivity index (χ0v) is 18.8. The molecule has 0 aliphatic carbocycles. The maximum atomic E-state index is 13.4. The zero-order chi connectivity index (χ0) is 23.3. The number of amides is 1. The highest BCUT2D eigenvalue weighted by atomic mass is 16.5. The van der Waals surface area contributed by atoms with Gasteiger partial charge in [-0.3, -0.25) is 14.2 Å². The molecule has 4 aromatic rings. The van der Waals surface area contributed by atoms with Gasteiger partial charge in [0.15, 0.2) is 6.61 Å². The number of carbonyl (C=O) groups is 1. The van der Waals surface area contributed by atoms with E-state index in [-0.39, 0.29) is 18.1 Å². The monoisotopic (exact) mass is 451 g/mol. The van der Waals surface area contributed by atoms with Gasteiger partial charge in [0.05, 0.1) is 16.6 Å². The maximum Gasteiger partial charge on any atom is 0.266 e. The van der Waals surface area contributed by atoms with Crippen LogP contribution in [0.2, 0.25) is 0 Å². The van der Waals surface area contributed by atoms with Gasteiger partial charge in [-0.1, -0.05) is 48.5 Å². The summed E-state index contributed by atoms with van der Waals surface area (Å²) in [7, 11) is 0. The van der Waals surface area contributed by atoms with Crippen molar-refractivity contribution >= 4 is 29.0 Å². The second-order valence-electron chi connectivity index (χ2n) is 8.21.